The fourth-order valence-corrected chi connectivity index (χ4v) is 2.88. The summed E-state index contributed by atoms with van der Waals surface area (Å²) >= 11 is 0. The minimum Gasteiger partial charge on any atom is -0.393 e. The lowest BCUT2D eigenvalue weighted by Crippen LogP contribution is -2.47. The molecule has 2 nitrogen and oxygen atoms in total. The minimum absolute atomic E-state index is 0.246. The van der Waals surface area contributed by atoms with E-state index in [1.54, 1.807) is 0 Å². The third-order valence-corrected chi connectivity index (χ3v) is 3.61. The highest BCUT2D eigenvalue weighted by Crippen LogP contribution is 2.43. The quantitative estimate of drug-likeness (QED) is 0.577. The highest BCUT2D eigenvalue weighted by atomic mass is 16.3. The molecule has 0 saturated heterocycles. The van der Waals surface area contributed by atoms with Crippen LogP contribution in [0.4, 0.5) is 0 Å². The fourth-order valence-electron chi connectivity index (χ4n) is 2.88. The van der Waals surface area contributed by atoms with Crippen molar-refractivity contribution in [2.75, 3.05) is 0 Å². The van der Waals surface area contributed by atoms with Crippen LogP contribution in [0.15, 0.2) is 0 Å². The second-order valence-electron chi connectivity index (χ2n) is 4.48. The molecule has 2 aliphatic carbocycles. The first-order valence-corrected chi connectivity index (χ1v) is 5.11. The Labute approximate surface area is 73.6 Å². The maximum Gasteiger partial charge on any atom is 0.0700 e. The van der Waals surface area contributed by atoms with Crippen molar-refractivity contribution in [1.29, 1.82) is 0 Å². The van der Waals surface area contributed by atoms with Crippen LogP contribution >= 0.6 is 0 Å². The summed E-state index contributed by atoms with van der Waals surface area (Å²) < 4.78 is 0. The Kier molecular flexibility index (Phi) is 2.13. The Morgan fingerprint density at radius 3 is 2.75 bits per heavy atom. The molecule has 12 heavy (non-hydrogen) atoms. The lowest BCUT2D eigenvalue weighted by Gasteiger charge is -2.45. The van der Waals surface area contributed by atoms with Crippen LogP contribution in [0, 0.1) is 5.92 Å². The van der Waals surface area contributed by atoms with E-state index < -0.39 is 5.60 Å². The predicted molar refractivity (Wildman–Crippen MR) is 46.8 cm³/mol. The molecule has 3 atom stereocenters. The first kappa shape index (κ1) is 8.52. The van der Waals surface area contributed by atoms with Crippen molar-refractivity contribution in [3.05, 3.63) is 0 Å². The van der Waals surface area contributed by atoms with E-state index in [9.17, 15) is 10.2 Å². The number of hydrogen-bond acceptors (Lipinski definition) is 2. The first-order chi connectivity index (χ1) is 5.71. The molecule has 0 aliphatic heterocycles. The molecule has 0 aromatic heterocycles. The van der Waals surface area contributed by atoms with Crippen LogP contribution in [-0.2, 0) is 0 Å². The molecule has 0 radical (unpaired) electrons. The minimum atomic E-state index is -0.504. The van der Waals surface area contributed by atoms with E-state index in [-0.39, 0.29) is 6.10 Å². The predicted octanol–water partition coefficient (Wildman–Crippen LogP) is 1.45. The molecular formula is C10H18O2. The summed E-state index contributed by atoms with van der Waals surface area (Å²) in [4.78, 5) is 0. The van der Waals surface area contributed by atoms with Crippen LogP contribution in [0.2, 0.25) is 0 Å². The lowest BCUT2D eigenvalue weighted by molar-refractivity contribution is -0.108. The summed E-state index contributed by atoms with van der Waals surface area (Å²) in [6.45, 7) is 0. The van der Waals surface area contributed by atoms with Gasteiger partial charge >= 0.3 is 0 Å². The summed E-state index contributed by atoms with van der Waals surface area (Å²) in [5.41, 5.74) is -0.504. The molecular weight excluding hydrogens is 152 g/mol. The Hall–Kier alpha value is -0.0800. The molecule has 0 amide bonds. The van der Waals surface area contributed by atoms with Crippen molar-refractivity contribution in [2.24, 2.45) is 5.92 Å². The highest BCUT2D eigenvalue weighted by Gasteiger charge is 2.43. The lowest BCUT2D eigenvalue weighted by atomic mass is 9.67. The van der Waals surface area contributed by atoms with Gasteiger partial charge in [-0.2, -0.15) is 0 Å². The van der Waals surface area contributed by atoms with Gasteiger partial charge in [-0.25, -0.2) is 0 Å². The van der Waals surface area contributed by atoms with E-state index >= 15 is 0 Å². The molecule has 0 heterocycles. The van der Waals surface area contributed by atoms with Gasteiger partial charge in [-0.05, 0) is 31.6 Å². The summed E-state index contributed by atoms with van der Waals surface area (Å²) in [6, 6.07) is 0. The molecule has 0 spiro atoms. The summed E-state index contributed by atoms with van der Waals surface area (Å²) in [6.07, 6.45) is 6.78. The van der Waals surface area contributed by atoms with Crippen molar-refractivity contribution in [2.45, 2.75) is 56.7 Å². The van der Waals surface area contributed by atoms with Gasteiger partial charge in [0.15, 0.2) is 0 Å². The maximum absolute atomic E-state index is 10.2. The number of aliphatic hydroxyl groups is 2. The standard InChI is InChI=1S/C10H18O2/c11-9-5-4-8-3-1-2-6-10(8,12)7-9/h8-9,11-12H,1-7H2/t8-,9-,10+/m0/s1. The van der Waals surface area contributed by atoms with E-state index in [1.165, 1.54) is 12.8 Å². The molecule has 2 N–H and O–H groups in total. The van der Waals surface area contributed by atoms with Crippen LogP contribution < -0.4 is 0 Å². The Morgan fingerprint density at radius 2 is 1.92 bits per heavy atom. The average molecular weight is 170 g/mol. The van der Waals surface area contributed by atoms with Gasteiger partial charge in [-0.3, -0.25) is 0 Å². The third-order valence-electron chi connectivity index (χ3n) is 3.61. The molecule has 0 aromatic carbocycles. The molecule has 70 valence electrons. The van der Waals surface area contributed by atoms with Crippen molar-refractivity contribution < 1.29 is 10.2 Å². The summed E-state index contributed by atoms with van der Waals surface area (Å²) in [5, 5.41) is 19.7. The van der Waals surface area contributed by atoms with Gasteiger partial charge in [-0.15, -0.1) is 0 Å². The topological polar surface area (TPSA) is 40.5 Å². The van der Waals surface area contributed by atoms with Crippen molar-refractivity contribution in [3.63, 3.8) is 0 Å². The van der Waals surface area contributed by atoms with E-state index in [1.807, 2.05) is 0 Å². The zero-order valence-corrected chi connectivity index (χ0v) is 7.50. The van der Waals surface area contributed by atoms with E-state index in [0.717, 1.165) is 25.7 Å². The Morgan fingerprint density at radius 1 is 1.08 bits per heavy atom. The molecule has 2 saturated carbocycles. The molecule has 2 aliphatic rings. The molecule has 2 heteroatoms. The van der Waals surface area contributed by atoms with Gasteiger partial charge in [0.2, 0.25) is 0 Å². The van der Waals surface area contributed by atoms with Crippen LogP contribution in [-0.4, -0.2) is 21.9 Å². The largest absolute Gasteiger partial charge is 0.393 e. The van der Waals surface area contributed by atoms with Crippen LogP contribution in [0.25, 0.3) is 0 Å². The number of aliphatic hydroxyl groups excluding tert-OH is 1. The van der Waals surface area contributed by atoms with Gasteiger partial charge in [0.25, 0.3) is 0 Å². The zero-order chi connectivity index (χ0) is 8.60. The van der Waals surface area contributed by atoms with Crippen LogP contribution in [0.5, 0.6) is 0 Å². The van der Waals surface area contributed by atoms with Crippen LogP contribution in [0.1, 0.15) is 44.9 Å². The second-order valence-corrected chi connectivity index (χ2v) is 4.48. The normalized spacial score (nSPS) is 48.5. The fraction of sp³-hybridized carbons (Fsp3) is 1.00. The summed E-state index contributed by atoms with van der Waals surface area (Å²) in [5.74, 6) is 0.481. The van der Waals surface area contributed by atoms with Gasteiger partial charge in [0.1, 0.15) is 0 Å². The van der Waals surface area contributed by atoms with E-state index in [2.05, 4.69) is 0 Å². The monoisotopic (exact) mass is 170 g/mol. The van der Waals surface area contributed by atoms with Crippen molar-refractivity contribution >= 4 is 0 Å². The van der Waals surface area contributed by atoms with Crippen molar-refractivity contribution in [3.8, 4) is 0 Å². The van der Waals surface area contributed by atoms with Gasteiger partial charge in [0, 0.05) is 6.42 Å². The third kappa shape index (κ3) is 1.38. The smallest absolute Gasteiger partial charge is 0.0700 e. The highest BCUT2D eigenvalue weighted by molar-refractivity contribution is 4.95. The molecule has 2 rings (SSSR count). The molecule has 0 unspecified atom stereocenters. The van der Waals surface area contributed by atoms with Crippen molar-refractivity contribution in [1.82, 2.24) is 0 Å². The number of rotatable bonds is 0. The number of fused-ring (bicyclic) bond motifs is 1. The number of hydrogen-bond donors (Lipinski definition) is 2. The second kappa shape index (κ2) is 3.00. The molecule has 2 fully saturated rings. The van der Waals surface area contributed by atoms with Crippen LogP contribution in [0.3, 0.4) is 0 Å². The first-order valence-electron chi connectivity index (χ1n) is 5.11. The molecule has 0 bridgehead atoms. The average Bonchev–Trinajstić information content (AvgIpc) is 2.02. The van der Waals surface area contributed by atoms with Gasteiger partial charge in [-0.1, -0.05) is 12.8 Å². The van der Waals surface area contributed by atoms with E-state index in [4.69, 9.17) is 0 Å². The van der Waals surface area contributed by atoms with Gasteiger partial charge < -0.3 is 10.2 Å². The van der Waals surface area contributed by atoms with Gasteiger partial charge in [0.05, 0.1) is 11.7 Å². The SMILES string of the molecule is O[C@H]1CC[C@@H]2CCCC[C@@]2(O)C1. The Balaban J connectivity index is 2.07. The zero-order valence-electron chi connectivity index (χ0n) is 7.50. The summed E-state index contributed by atoms with van der Waals surface area (Å²) in [7, 11) is 0. The van der Waals surface area contributed by atoms with E-state index in [0.29, 0.717) is 12.3 Å². The molecule has 0 aromatic rings. The maximum atomic E-state index is 10.2. The Bertz CT molecular complexity index is 169.